The third-order valence-corrected chi connectivity index (χ3v) is 12.2. The Morgan fingerprint density at radius 3 is 2.44 bits per heavy atom. The van der Waals surface area contributed by atoms with Gasteiger partial charge in [-0.15, -0.1) is 0 Å². The van der Waals surface area contributed by atoms with Gasteiger partial charge in [-0.05, 0) is 110 Å². The fourth-order valence-corrected chi connectivity index (χ4v) is 10.3. The van der Waals surface area contributed by atoms with Crippen LogP contribution in [0.5, 0.6) is 0 Å². The lowest BCUT2D eigenvalue weighted by molar-refractivity contribution is -0.114. The second-order valence-corrected chi connectivity index (χ2v) is 14.1. The minimum atomic E-state index is 0.508. The van der Waals surface area contributed by atoms with Gasteiger partial charge < -0.3 is 4.74 Å². The fourth-order valence-electron chi connectivity index (χ4n) is 10.3. The Morgan fingerprint density at radius 1 is 0.824 bits per heavy atom. The minimum absolute atomic E-state index is 0.508. The van der Waals surface area contributed by atoms with Crippen molar-refractivity contribution in [2.75, 3.05) is 13.2 Å². The molecule has 0 aromatic carbocycles. The van der Waals surface area contributed by atoms with E-state index in [1.165, 1.54) is 51.4 Å². The van der Waals surface area contributed by atoms with Gasteiger partial charge in [0.2, 0.25) is 0 Å². The molecule has 0 saturated heterocycles. The molecule has 2 unspecified atom stereocenters. The van der Waals surface area contributed by atoms with Crippen molar-refractivity contribution in [2.24, 2.45) is 58.2 Å². The highest BCUT2D eigenvalue weighted by molar-refractivity contribution is 5.17. The molecule has 5 rings (SSSR count). The maximum absolute atomic E-state index is 6.02. The molecule has 0 radical (unpaired) electrons. The van der Waals surface area contributed by atoms with E-state index in [4.69, 9.17) is 4.74 Å². The lowest BCUT2D eigenvalue weighted by Gasteiger charge is -2.61. The summed E-state index contributed by atoms with van der Waals surface area (Å²) in [5.41, 5.74) is 1.32. The zero-order chi connectivity index (χ0) is 23.8. The van der Waals surface area contributed by atoms with E-state index in [2.05, 4.69) is 52.0 Å². The highest BCUT2D eigenvalue weighted by atomic mass is 16.5. The van der Waals surface area contributed by atoms with Gasteiger partial charge in [-0.2, -0.15) is 0 Å². The summed E-state index contributed by atoms with van der Waals surface area (Å²) in [6.45, 7) is 12.3. The zero-order valence-electron chi connectivity index (χ0n) is 22.9. The molecular formula is C33H54O. The minimum Gasteiger partial charge on any atom is -0.380 e. The number of hydrogen-bond donors (Lipinski definition) is 0. The van der Waals surface area contributed by atoms with Crippen LogP contribution in [0.1, 0.15) is 111 Å². The third kappa shape index (κ3) is 4.73. The van der Waals surface area contributed by atoms with Crippen molar-refractivity contribution in [3.63, 3.8) is 0 Å². The van der Waals surface area contributed by atoms with Crippen molar-refractivity contribution in [2.45, 2.75) is 111 Å². The smallest absolute Gasteiger partial charge is 0.0563 e. The Morgan fingerprint density at radius 2 is 1.62 bits per heavy atom. The van der Waals surface area contributed by atoms with Gasteiger partial charge in [-0.25, -0.2) is 0 Å². The van der Waals surface area contributed by atoms with E-state index in [1.54, 1.807) is 32.1 Å². The SMILES string of the molecule is CC(CCC[C@@H](C)[C@H]1CC[C@H]2[C@@H]3CCC4CCCC[C@]4(C)[C@H]3CC[C@]12C)COCC1C=CC=C1. The van der Waals surface area contributed by atoms with Crippen LogP contribution in [0.25, 0.3) is 0 Å². The Balaban J connectivity index is 1.10. The maximum atomic E-state index is 6.02. The average Bonchev–Trinajstić information content (AvgIpc) is 3.46. The average molecular weight is 467 g/mol. The molecule has 0 bridgehead atoms. The standard InChI is InChI=1S/C33H54O/c1-24(22-34-23-26-12-5-6-13-26)10-9-11-25(2)29-17-18-30-28-16-15-27-14-7-8-20-32(27,3)31(28)19-21-33(29,30)4/h5-6,12-13,24-31H,7-11,14-23H2,1-4H3/t24?,25-,27?,28+,29-,30+,31+,32+,33-/m1/s1. The highest BCUT2D eigenvalue weighted by Crippen LogP contribution is 2.68. The summed E-state index contributed by atoms with van der Waals surface area (Å²) in [7, 11) is 0. The van der Waals surface area contributed by atoms with E-state index >= 15 is 0 Å². The van der Waals surface area contributed by atoms with Gasteiger partial charge in [0.15, 0.2) is 0 Å². The van der Waals surface area contributed by atoms with Crippen molar-refractivity contribution in [3.8, 4) is 0 Å². The first-order chi connectivity index (χ1) is 16.4. The summed E-state index contributed by atoms with van der Waals surface area (Å²) in [5, 5.41) is 0. The predicted octanol–water partition coefficient (Wildman–Crippen LogP) is 9.24. The molecule has 4 fully saturated rings. The first-order valence-corrected chi connectivity index (χ1v) is 15.3. The van der Waals surface area contributed by atoms with E-state index < -0.39 is 0 Å². The molecule has 34 heavy (non-hydrogen) atoms. The van der Waals surface area contributed by atoms with Crippen LogP contribution in [-0.4, -0.2) is 13.2 Å². The van der Waals surface area contributed by atoms with E-state index in [0.29, 0.717) is 22.7 Å². The molecule has 0 N–H and O–H groups in total. The highest BCUT2D eigenvalue weighted by Gasteiger charge is 2.60. The molecule has 0 heterocycles. The summed E-state index contributed by atoms with van der Waals surface area (Å²) in [4.78, 5) is 0. The third-order valence-electron chi connectivity index (χ3n) is 12.2. The van der Waals surface area contributed by atoms with Crippen LogP contribution < -0.4 is 0 Å². The van der Waals surface area contributed by atoms with Gasteiger partial charge >= 0.3 is 0 Å². The second kappa shape index (κ2) is 10.4. The molecule has 0 aliphatic heterocycles. The lowest BCUT2D eigenvalue weighted by atomic mass is 9.44. The molecule has 1 nitrogen and oxygen atoms in total. The van der Waals surface area contributed by atoms with Crippen LogP contribution in [0.15, 0.2) is 24.3 Å². The zero-order valence-corrected chi connectivity index (χ0v) is 22.9. The number of allylic oxidation sites excluding steroid dienone is 2. The summed E-state index contributed by atoms with van der Waals surface area (Å²) in [6.07, 6.45) is 28.3. The second-order valence-electron chi connectivity index (χ2n) is 14.1. The molecule has 1 heteroatoms. The van der Waals surface area contributed by atoms with Crippen LogP contribution >= 0.6 is 0 Å². The van der Waals surface area contributed by atoms with Gasteiger partial charge in [-0.1, -0.05) is 77.7 Å². The summed E-state index contributed by atoms with van der Waals surface area (Å²) < 4.78 is 6.02. The molecule has 0 spiro atoms. The maximum Gasteiger partial charge on any atom is 0.0563 e. The number of fused-ring (bicyclic) bond motifs is 5. The quantitative estimate of drug-likeness (QED) is 0.329. The largest absolute Gasteiger partial charge is 0.380 e. The van der Waals surface area contributed by atoms with Crippen molar-refractivity contribution >= 4 is 0 Å². The molecule has 0 aromatic heterocycles. The Bertz CT molecular complexity index is 725. The summed E-state index contributed by atoms with van der Waals surface area (Å²) in [6, 6.07) is 0. The van der Waals surface area contributed by atoms with Crippen molar-refractivity contribution in [3.05, 3.63) is 24.3 Å². The molecule has 4 saturated carbocycles. The van der Waals surface area contributed by atoms with Gasteiger partial charge in [-0.3, -0.25) is 0 Å². The van der Waals surface area contributed by atoms with Crippen molar-refractivity contribution < 1.29 is 4.74 Å². The fraction of sp³-hybridized carbons (Fsp3) is 0.879. The molecule has 0 amide bonds. The molecule has 192 valence electrons. The summed E-state index contributed by atoms with van der Waals surface area (Å²) in [5.74, 6) is 7.26. The molecule has 5 aliphatic rings. The van der Waals surface area contributed by atoms with Crippen LogP contribution in [0.2, 0.25) is 0 Å². The van der Waals surface area contributed by atoms with E-state index in [1.807, 2.05) is 0 Å². The van der Waals surface area contributed by atoms with E-state index in [-0.39, 0.29) is 0 Å². The molecular weight excluding hydrogens is 412 g/mol. The van der Waals surface area contributed by atoms with Gasteiger partial charge in [0.05, 0.1) is 6.61 Å². The Hall–Kier alpha value is -0.560. The predicted molar refractivity (Wildman–Crippen MR) is 145 cm³/mol. The van der Waals surface area contributed by atoms with Crippen molar-refractivity contribution in [1.82, 2.24) is 0 Å². The lowest BCUT2D eigenvalue weighted by Crippen LogP contribution is -2.53. The molecule has 9 atom stereocenters. The first-order valence-electron chi connectivity index (χ1n) is 15.3. The van der Waals surface area contributed by atoms with Gasteiger partial charge in [0, 0.05) is 12.5 Å². The van der Waals surface area contributed by atoms with E-state index in [9.17, 15) is 0 Å². The van der Waals surface area contributed by atoms with Crippen LogP contribution in [0.4, 0.5) is 0 Å². The molecule has 0 aromatic rings. The van der Waals surface area contributed by atoms with Gasteiger partial charge in [0.25, 0.3) is 0 Å². The van der Waals surface area contributed by atoms with Crippen LogP contribution in [-0.2, 0) is 4.74 Å². The number of ether oxygens (including phenoxy) is 1. The van der Waals surface area contributed by atoms with E-state index in [0.717, 1.165) is 48.7 Å². The van der Waals surface area contributed by atoms with Gasteiger partial charge in [0.1, 0.15) is 0 Å². The van der Waals surface area contributed by atoms with Crippen LogP contribution in [0, 0.1) is 58.2 Å². The topological polar surface area (TPSA) is 9.23 Å². The Kier molecular flexibility index (Phi) is 7.70. The normalized spacial score (nSPS) is 43.4. The monoisotopic (exact) mass is 466 g/mol. The van der Waals surface area contributed by atoms with Crippen LogP contribution in [0.3, 0.4) is 0 Å². The first kappa shape index (κ1) is 25.1. The Labute approximate surface area is 211 Å². The summed E-state index contributed by atoms with van der Waals surface area (Å²) >= 11 is 0. The van der Waals surface area contributed by atoms with Crippen molar-refractivity contribution in [1.29, 1.82) is 0 Å². The molecule has 5 aliphatic carbocycles. The number of hydrogen-bond acceptors (Lipinski definition) is 1. The number of rotatable bonds is 9.